The number of piperidine rings is 1. The molecule has 0 bridgehead atoms. The second-order valence-corrected chi connectivity index (χ2v) is 6.14. The van der Waals surface area contributed by atoms with E-state index in [0.29, 0.717) is 30.1 Å². The molecular formula is C15H23N3O3. The van der Waals surface area contributed by atoms with Gasteiger partial charge < -0.3 is 14.5 Å². The molecule has 1 amide bonds. The van der Waals surface area contributed by atoms with Crippen LogP contribution in [0, 0.1) is 13.8 Å². The number of rotatable bonds is 2. The lowest BCUT2D eigenvalue weighted by Gasteiger charge is -2.33. The lowest BCUT2D eigenvalue weighted by Crippen LogP contribution is -2.46. The monoisotopic (exact) mass is 293 g/mol. The zero-order chi connectivity index (χ0) is 15.0. The van der Waals surface area contributed by atoms with Gasteiger partial charge in [0.05, 0.1) is 17.8 Å². The Morgan fingerprint density at radius 2 is 1.95 bits per heavy atom. The zero-order valence-corrected chi connectivity index (χ0v) is 12.7. The highest BCUT2D eigenvalue weighted by molar-refractivity contribution is 5.96. The Labute approximate surface area is 124 Å². The molecule has 0 spiro atoms. The predicted molar refractivity (Wildman–Crippen MR) is 77.1 cm³/mol. The molecule has 2 saturated heterocycles. The van der Waals surface area contributed by atoms with Crippen LogP contribution >= 0.6 is 0 Å². The van der Waals surface area contributed by atoms with Crippen molar-refractivity contribution in [3.05, 3.63) is 17.0 Å². The first-order valence-corrected chi connectivity index (χ1v) is 7.72. The van der Waals surface area contributed by atoms with E-state index in [-0.39, 0.29) is 11.9 Å². The van der Waals surface area contributed by atoms with Gasteiger partial charge in [0.2, 0.25) is 0 Å². The third-order valence-corrected chi connectivity index (χ3v) is 4.65. The van der Waals surface area contributed by atoms with Crippen molar-refractivity contribution in [1.82, 2.24) is 15.0 Å². The third-order valence-electron chi connectivity index (χ3n) is 4.65. The molecule has 3 heterocycles. The van der Waals surface area contributed by atoms with E-state index in [0.717, 1.165) is 13.1 Å². The average Bonchev–Trinajstić information content (AvgIpc) is 3.03. The standard InChI is InChI=1S/C15H23N3O3/c1-10-14(11(2)21-16-10)15(20)18-8-12(13(19)9-18)17-6-4-3-5-7-17/h12-13,19H,3-9H2,1-2H3/t12-,13-/m0/s1. The van der Waals surface area contributed by atoms with E-state index in [1.165, 1.54) is 19.3 Å². The van der Waals surface area contributed by atoms with E-state index in [1.54, 1.807) is 18.7 Å². The molecule has 1 aromatic rings. The van der Waals surface area contributed by atoms with E-state index >= 15 is 0 Å². The zero-order valence-electron chi connectivity index (χ0n) is 12.7. The number of hydrogen-bond acceptors (Lipinski definition) is 5. The molecule has 3 rings (SSSR count). The Bertz CT molecular complexity index is 503. The molecule has 1 N–H and O–H groups in total. The van der Waals surface area contributed by atoms with Crippen molar-refractivity contribution in [2.45, 2.75) is 45.3 Å². The Balaban J connectivity index is 1.72. The topological polar surface area (TPSA) is 69.8 Å². The van der Waals surface area contributed by atoms with Gasteiger partial charge in [0, 0.05) is 13.1 Å². The van der Waals surface area contributed by atoms with Gasteiger partial charge in [-0.1, -0.05) is 11.6 Å². The van der Waals surface area contributed by atoms with Crippen molar-refractivity contribution in [1.29, 1.82) is 0 Å². The van der Waals surface area contributed by atoms with Crippen molar-refractivity contribution < 1.29 is 14.4 Å². The largest absolute Gasteiger partial charge is 0.390 e. The molecule has 116 valence electrons. The van der Waals surface area contributed by atoms with Gasteiger partial charge >= 0.3 is 0 Å². The molecule has 0 unspecified atom stereocenters. The molecule has 1 aromatic heterocycles. The van der Waals surface area contributed by atoms with Crippen LogP contribution in [0.3, 0.4) is 0 Å². The smallest absolute Gasteiger partial charge is 0.259 e. The van der Waals surface area contributed by atoms with E-state index < -0.39 is 6.10 Å². The molecule has 2 fully saturated rings. The van der Waals surface area contributed by atoms with Crippen LogP contribution in [0.5, 0.6) is 0 Å². The molecule has 6 nitrogen and oxygen atoms in total. The molecule has 21 heavy (non-hydrogen) atoms. The van der Waals surface area contributed by atoms with Crippen LogP contribution in [0.15, 0.2) is 4.52 Å². The van der Waals surface area contributed by atoms with Crippen molar-refractivity contribution in [3.63, 3.8) is 0 Å². The molecule has 0 radical (unpaired) electrons. The van der Waals surface area contributed by atoms with Gasteiger partial charge in [0.15, 0.2) is 0 Å². The summed E-state index contributed by atoms with van der Waals surface area (Å²) in [5.74, 6) is 0.471. The molecule has 2 atom stereocenters. The number of carbonyl (C=O) groups is 1. The van der Waals surface area contributed by atoms with Crippen LogP contribution in [0.2, 0.25) is 0 Å². The minimum Gasteiger partial charge on any atom is -0.390 e. The van der Waals surface area contributed by atoms with Crippen molar-refractivity contribution in [2.75, 3.05) is 26.2 Å². The lowest BCUT2D eigenvalue weighted by molar-refractivity contribution is 0.0702. The molecule has 2 aliphatic heterocycles. The number of hydrogen-bond donors (Lipinski definition) is 1. The summed E-state index contributed by atoms with van der Waals surface area (Å²) >= 11 is 0. The van der Waals surface area contributed by atoms with Crippen LogP contribution in [-0.4, -0.2) is 64.3 Å². The van der Waals surface area contributed by atoms with Crippen LogP contribution in [0.25, 0.3) is 0 Å². The number of aromatic nitrogens is 1. The van der Waals surface area contributed by atoms with Crippen LogP contribution < -0.4 is 0 Å². The van der Waals surface area contributed by atoms with Crippen molar-refractivity contribution >= 4 is 5.91 Å². The maximum Gasteiger partial charge on any atom is 0.259 e. The van der Waals surface area contributed by atoms with Gasteiger partial charge in [0.25, 0.3) is 5.91 Å². The molecular weight excluding hydrogens is 270 g/mol. The van der Waals surface area contributed by atoms with Gasteiger partial charge in [0.1, 0.15) is 11.3 Å². The highest BCUT2D eigenvalue weighted by atomic mass is 16.5. The van der Waals surface area contributed by atoms with Gasteiger partial charge in [-0.25, -0.2) is 0 Å². The highest BCUT2D eigenvalue weighted by Crippen LogP contribution is 2.24. The second-order valence-electron chi connectivity index (χ2n) is 6.14. The number of aliphatic hydroxyl groups is 1. The van der Waals surface area contributed by atoms with Crippen molar-refractivity contribution in [3.8, 4) is 0 Å². The van der Waals surface area contributed by atoms with E-state index in [1.807, 2.05) is 0 Å². The van der Waals surface area contributed by atoms with Gasteiger partial charge in [-0.2, -0.15) is 0 Å². The van der Waals surface area contributed by atoms with Crippen LogP contribution in [0.1, 0.15) is 41.1 Å². The fourth-order valence-corrected chi connectivity index (χ4v) is 3.49. The summed E-state index contributed by atoms with van der Waals surface area (Å²) in [4.78, 5) is 16.7. The van der Waals surface area contributed by atoms with Crippen LogP contribution in [-0.2, 0) is 0 Å². The summed E-state index contributed by atoms with van der Waals surface area (Å²) in [6, 6.07) is 0.0646. The van der Waals surface area contributed by atoms with Gasteiger partial charge in [-0.15, -0.1) is 0 Å². The maximum absolute atomic E-state index is 12.6. The fourth-order valence-electron chi connectivity index (χ4n) is 3.49. The second kappa shape index (κ2) is 5.77. The maximum atomic E-state index is 12.6. The number of aryl methyl sites for hydroxylation is 2. The summed E-state index contributed by atoms with van der Waals surface area (Å²) < 4.78 is 5.08. The first kappa shape index (κ1) is 14.5. The summed E-state index contributed by atoms with van der Waals surface area (Å²) in [6.07, 6.45) is 3.16. The Morgan fingerprint density at radius 1 is 1.24 bits per heavy atom. The SMILES string of the molecule is Cc1noc(C)c1C(=O)N1C[C@H](O)[C@@H](N2CCCCC2)C1. The average molecular weight is 293 g/mol. The molecule has 0 aliphatic carbocycles. The molecule has 2 aliphatic rings. The van der Waals surface area contributed by atoms with Gasteiger partial charge in [-0.05, 0) is 39.8 Å². The minimum absolute atomic E-state index is 0.0646. The van der Waals surface area contributed by atoms with E-state index in [2.05, 4.69) is 10.1 Å². The van der Waals surface area contributed by atoms with E-state index in [4.69, 9.17) is 4.52 Å². The van der Waals surface area contributed by atoms with E-state index in [9.17, 15) is 9.90 Å². The predicted octanol–water partition coefficient (Wildman–Crippen LogP) is 0.963. The van der Waals surface area contributed by atoms with Crippen molar-refractivity contribution in [2.24, 2.45) is 0 Å². The Morgan fingerprint density at radius 3 is 2.57 bits per heavy atom. The summed E-state index contributed by atoms with van der Waals surface area (Å²) in [6.45, 7) is 6.55. The molecule has 0 saturated carbocycles. The van der Waals surface area contributed by atoms with Gasteiger partial charge in [-0.3, -0.25) is 9.69 Å². The van der Waals surface area contributed by atoms with Crippen LogP contribution in [0.4, 0.5) is 0 Å². The highest BCUT2D eigenvalue weighted by Gasteiger charge is 2.39. The Kier molecular flexibility index (Phi) is 3.99. The number of aliphatic hydroxyl groups excluding tert-OH is 1. The first-order valence-electron chi connectivity index (χ1n) is 7.72. The molecule has 0 aromatic carbocycles. The summed E-state index contributed by atoms with van der Waals surface area (Å²) in [5.41, 5.74) is 1.16. The third kappa shape index (κ3) is 2.70. The molecule has 6 heteroatoms. The Hall–Kier alpha value is -1.40. The lowest BCUT2D eigenvalue weighted by atomic mass is 10.1. The quantitative estimate of drug-likeness (QED) is 0.879. The number of amides is 1. The summed E-state index contributed by atoms with van der Waals surface area (Å²) in [7, 11) is 0. The number of likely N-dealkylation sites (tertiary alicyclic amines) is 2. The minimum atomic E-state index is -0.465. The number of nitrogens with zero attached hydrogens (tertiary/aromatic N) is 3. The number of β-amino-alcohol motifs (C(OH)–C–C–N with tert-alkyl or cyclic N) is 1. The summed E-state index contributed by atoms with van der Waals surface area (Å²) in [5, 5.41) is 14.2. The fraction of sp³-hybridized carbons (Fsp3) is 0.733. The normalized spacial score (nSPS) is 27.3. The number of carbonyl (C=O) groups excluding carboxylic acids is 1. The first-order chi connectivity index (χ1) is 10.1.